The lowest BCUT2D eigenvalue weighted by atomic mass is 10.2. The van der Waals surface area contributed by atoms with E-state index >= 15 is 0 Å². The van der Waals surface area contributed by atoms with Gasteiger partial charge >= 0.3 is 0 Å². The number of H-pyrrole nitrogens is 1. The average molecular weight is 397 g/mol. The van der Waals surface area contributed by atoms with Crippen LogP contribution < -0.4 is 5.32 Å². The molecule has 4 aromatic rings. The van der Waals surface area contributed by atoms with Crippen LogP contribution in [0.3, 0.4) is 0 Å². The molecular weight excluding hydrogens is 381 g/mol. The highest BCUT2D eigenvalue weighted by Crippen LogP contribution is 2.33. The van der Waals surface area contributed by atoms with Crippen molar-refractivity contribution in [3.63, 3.8) is 0 Å². The molecule has 1 amide bonds. The molecule has 0 bridgehead atoms. The number of rotatable bonds is 7. The van der Waals surface area contributed by atoms with E-state index in [1.54, 1.807) is 36.8 Å². The molecule has 2 N–H and O–H groups in total. The van der Waals surface area contributed by atoms with Gasteiger partial charge in [-0.1, -0.05) is 23.9 Å². The van der Waals surface area contributed by atoms with Gasteiger partial charge in [0.15, 0.2) is 16.7 Å². The van der Waals surface area contributed by atoms with Crippen LogP contribution in [0.2, 0.25) is 0 Å². The summed E-state index contributed by atoms with van der Waals surface area (Å²) in [5, 5.41) is 3.21. The van der Waals surface area contributed by atoms with Crippen molar-refractivity contribution >= 4 is 23.4 Å². The number of benzene rings is 1. The summed E-state index contributed by atoms with van der Waals surface area (Å²) in [6.45, 7) is 0. The summed E-state index contributed by atoms with van der Waals surface area (Å²) >= 11 is 1.39. The van der Waals surface area contributed by atoms with Crippen molar-refractivity contribution in [3.8, 4) is 22.9 Å². The number of nitrogens with one attached hydrogen (secondary N) is 2. The van der Waals surface area contributed by atoms with Gasteiger partial charge in [-0.15, -0.1) is 0 Å². The van der Waals surface area contributed by atoms with Crippen LogP contribution in [0.1, 0.15) is 6.42 Å². The minimum absolute atomic E-state index is 0.177. The molecule has 0 saturated carbocycles. The van der Waals surface area contributed by atoms with Crippen LogP contribution in [0.25, 0.3) is 22.9 Å². The topological polar surface area (TPSA) is 84.1 Å². The first-order valence-electron chi connectivity index (χ1n) is 8.55. The van der Waals surface area contributed by atoms with E-state index in [1.165, 1.54) is 23.9 Å². The quantitative estimate of drug-likeness (QED) is 0.419. The number of nitrogens with zero attached hydrogens (tertiary/aromatic N) is 1. The third-order valence-corrected chi connectivity index (χ3v) is 4.80. The van der Waals surface area contributed by atoms with Crippen molar-refractivity contribution in [2.24, 2.45) is 0 Å². The highest BCUT2D eigenvalue weighted by molar-refractivity contribution is 7.99. The number of para-hydroxylation sites is 1. The third-order valence-electron chi connectivity index (χ3n) is 3.92. The fraction of sp³-hybridized carbons (Fsp3) is 0.100. The van der Waals surface area contributed by atoms with Gasteiger partial charge in [0.05, 0.1) is 18.2 Å². The Morgan fingerprint density at radius 1 is 1.07 bits per heavy atom. The largest absolute Gasteiger partial charge is 0.463 e. The highest BCUT2D eigenvalue weighted by Gasteiger charge is 2.18. The number of aromatic nitrogens is 2. The zero-order valence-electron chi connectivity index (χ0n) is 14.6. The van der Waals surface area contributed by atoms with E-state index in [2.05, 4.69) is 15.3 Å². The summed E-state index contributed by atoms with van der Waals surface area (Å²) in [6, 6.07) is 13.3. The Hall–Kier alpha value is -3.26. The Kier molecular flexibility index (Phi) is 5.29. The number of furan rings is 2. The maximum absolute atomic E-state index is 13.6. The fourth-order valence-electron chi connectivity index (χ4n) is 2.63. The maximum Gasteiger partial charge on any atom is 0.225 e. The number of hydrogen-bond donors (Lipinski definition) is 2. The van der Waals surface area contributed by atoms with Crippen molar-refractivity contribution in [3.05, 3.63) is 66.9 Å². The number of halogens is 1. The molecule has 0 aliphatic rings. The van der Waals surface area contributed by atoms with Crippen LogP contribution in [0, 0.1) is 5.82 Å². The van der Waals surface area contributed by atoms with E-state index in [-0.39, 0.29) is 18.0 Å². The highest BCUT2D eigenvalue weighted by atomic mass is 32.2. The number of amides is 1. The SMILES string of the molecule is O=C(CCSc1nc(-c2ccco2)c(-c2ccco2)[nH]1)Nc1ccccc1F. The standard InChI is InChI=1S/C20H16FN3O3S/c21-13-5-1-2-6-14(13)22-17(25)9-12-28-20-23-18(15-7-3-10-26-15)19(24-20)16-8-4-11-27-16/h1-8,10-11H,9,12H2,(H,22,25)(H,23,24). The number of aromatic amines is 1. The number of carbonyl (C=O) groups excluding carboxylic acids is 1. The van der Waals surface area contributed by atoms with Gasteiger partial charge in [0, 0.05) is 12.2 Å². The Morgan fingerprint density at radius 2 is 1.82 bits per heavy atom. The number of imidazole rings is 1. The summed E-state index contributed by atoms with van der Waals surface area (Å²) in [6.07, 6.45) is 3.38. The van der Waals surface area contributed by atoms with Gasteiger partial charge in [0.25, 0.3) is 0 Å². The first-order chi connectivity index (χ1) is 13.7. The molecule has 0 fully saturated rings. The van der Waals surface area contributed by atoms with Gasteiger partial charge in [-0.2, -0.15) is 0 Å². The van der Waals surface area contributed by atoms with Gasteiger partial charge in [0.1, 0.15) is 17.2 Å². The lowest BCUT2D eigenvalue weighted by Gasteiger charge is -2.05. The Labute approximate surface area is 164 Å². The molecule has 1 aromatic carbocycles. The van der Waals surface area contributed by atoms with Gasteiger partial charge in [-0.05, 0) is 36.4 Å². The molecule has 0 radical (unpaired) electrons. The molecule has 0 unspecified atom stereocenters. The zero-order valence-corrected chi connectivity index (χ0v) is 15.5. The first-order valence-corrected chi connectivity index (χ1v) is 9.54. The molecule has 0 spiro atoms. The van der Waals surface area contributed by atoms with Crippen molar-refractivity contribution in [2.75, 3.05) is 11.1 Å². The van der Waals surface area contributed by atoms with E-state index in [9.17, 15) is 9.18 Å². The third kappa shape index (κ3) is 4.01. The van der Waals surface area contributed by atoms with Gasteiger partial charge in [0.2, 0.25) is 5.91 Å². The lowest BCUT2D eigenvalue weighted by Crippen LogP contribution is -2.13. The second-order valence-electron chi connectivity index (χ2n) is 5.85. The summed E-state index contributed by atoms with van der Waals surface area (Å²) in [7, 11) is 0. The molecule has 6 nitrogen and oxygen atoms in total. The molecule has 8 heteroatoms. The van der Waals surface area contributed by atoms with Gasteiger partial charge < -0.3 is 19.1 Å². The van der Waals surface area contributed by atoms with Crippen LogP contribution in [-0.4, -0.2) is 21.6 Å². The Balaban J connectivity index is 1.42. The minimum atomic E-state index is -0.458. The Bertz CT molecular complexity index is 1010. The summed E-state index contributed by atoms with van der Waals surface area (Å²) in [4.78, 5) is 19.8. The van der Waals surface area contributed by atoms with Crippen LogP contribution >= 0.6 is 11.8 Å². The summed E-state index contributed by atoms with van der Waals surface area (Å²) in [5.41, 5.74) is 1.52. The van der Waals surface area contributed by atoms with Crippen LogP contribution in [0.15, 0.2) is 75.0 Å². The van der Waals surface area contributed by atoms with E-state index in [1.807, 2.05) is 12.1 Å². The van der Waals surface area contributed by atoms with Crippen molar-refractivity contribution in [1.29, 1.82) is 0 Å². The fourth-order valence-corrected chi connectivity index (χ4v) is 3.44. The average Bonchev–Trinajstić information content (AvgIpc) is 3.44. The van der Waals surface area contributed by atoms with E-state index < -0.39 is 5.82 Å². The molecule has 0 aliphatic carbocycles. The van der Waals surface area contributed by atoms with Crippen molar-refractivity contribution in [2.45, 2.75) is 11.6 Å². The number of thioether (sulfide) groups is 1. The smallest absolute Gasteiger partial charge is 0.225 e. The monoisotopic (exact) mass is 397 g/mol. The zero-order chi connectivity index (χ0) is 19.3. The molecule has 28 heavy (non-hydrogen) atoms. The van der Waals surface area contributed by atoms with Crippen molar-refractivity contribution < 1.29 is 18.0 Å². The maximum atomic E-state index is 13.6. The molecule has 0 atom stereocenters. The molecular formula is C20H16FN3O3S. The number of carbonyl (C=O) groups is 1. The van der Waals surface area contributed by atoms with Crippen LogP contribution in [0.5, 0.6) is 0 Å². The van der Waals surface area contributed by atoms with Crippen LogP contribution in [-0.2, 0) is 4.79 Å². The molecule has 4 rings (SSSR count). The summed E-state index contributed by atoms with van der Waals surface area (Å²) < 4.78 is 24.5. The van der Waals surface area contributed by atoms with E-state index in [0.717, 1.165) is 0 Å². The minimum Gasteiger partial charge on any atom is -0.463 e. The van der Waals surface area contributed by atoms with E-state index in [0.29, 0.717) is 33.8 Å². The van der Waals surface area contributed by atoms with Gasteiger partial charge in [-0.3, -0.25) is 4.79 Å². The van der Waals surface area contributed by atoms with Gasteiger partial charge in [-0.25, -0.2) is 9.37 Å². The van der Waals surface area contributed by atoms with Crippen LogP contribution in [0.4, 0.5) is 10.1 Å². The molecule has 3 aromatic heterocycles. The lowest BCUT2D eigenvalue weighted by molar-refractivity contribution is -0.115. The second-order valence-corrected chi connectivity index (χ2v) is 6.93. The number of anilines is 1. The second kappa shape index (κ2) is 8.18. The Morgan fingerprint density at radius 3 is 2.54 bits per heavy atom. The molecule has 0 saturated heterocycles. The molecule has 3 heterocycles. The summed E-state index contributed by atoms with van der Waals surface area (Å²) in [5.74, 6) is 1.01. The van der Waals surface area contributed by atoms with Crippen molar-refractivity contribution in [1.82, 2.24) is 9.97 Å². The molecule has 0 aliphatic heterocycles. The predicted molar refractivity (Wildman–Crippen MR) is 104 cm³/mol. The predicted octanol–water partition coefficient (Wildman–Crippen LogP) is 5.19. The normalized spacial score (nSPS) is 10.9. The number of hydrogen-bond acceptors (Lipinski definition) is 5. The molecule has 142 valence electrons. The van der Waals surface area contributed by atoms with E-state index in [4.69, 9.17) is 8.83 Å². The first kappa shape index (κ1) is 18.1.